The number of piperidine rings is 1. The summed E-state index contributed by atoms with van der Waals surface area (Å²) < 4.78 is 29.0. The molecule has 1 aliphatic heterocycles. The van der Waals surface area contributed by atoms with Crippen LogP contribution >= 0.6 is 0 Å². The van der Waals surface area contributed by atoms with E-state index >= 15 is 0 Å². The number of rotatable bonds is 6. The van der Waals surface area contributed by atoms with Crippen LogP contribution in [0.5, 0.6) is 5.75 Å². The van der Waals surface area contributed by atoms with E-state index in [1.165, 1.54) is 6.26 Å². The Morgan fingerprint density at radius 2 is 1.88 bits per heavy atom. The van der Waals surface area contributed by atoms with E-state index in [2.05, 4.69) is 15.2 Å². The summed E-state index contributed by atoms with van der Waals surface area (Å²) in [4.78, 5) is 6.78. The average molecular weight is 382 g/mol. The fraction of sp³-hybridized carbons (Fsp3) is 0.632. The fourth-order valence-electron chi connectivity index (χ4n) is 2.69. The van der Waals surface area contributed by atoms with Crippen LogP contribution in [0.2, 0.25) is 0 Å². The topological polar surface area (TPSA) is 71.0 Å². The van der Waals surface area contributed by atoms with E-state index in [-0.39, 0.29) is 12.6 Å². The minimum atomic E-state index is -3.16. The van der Waals surface area contributed by atoms with Gasteiger partial charge in [-0.2, -0.15) is 0 Å². The monoisotopic (exact) mass is 381 g/mol. The number of likely N-dealkylation sites (tertiary alicyclic amines) is 1. The van der Waals surface area contributed by atoms with Gasteiger partial charge >= 0.3 is 0 Å². The maximum absolute atomic E-state index is 11.9. The zero-order chi connectivity index (χ0) is 19.2. The third kappa shape index (κ3) is 5.62. The summed E-state index contributed by atoms with van der Waals surface area (Å²) >= 11 is 0. The van der Waals surface area contributed by atoms with Crippen molar-refractivity contribution in [1.29, 1.82) is 0 Å². The lowest BCUT2D eigenvalue weighted by atomic mass is 10.1. The van der Waals surface area contributed by atoms with E-state index in [0.717, 1.165) is 44.2 Å². The molecule has 0 unspecified atom stereocenters. The van der Waals surface area contributed by atoms with Crippen molar-refractivity contribution in [3.05, 3.63) is 30.3 Å². The van der Waals surface area contributed by atoms with Crippen LogP contribution in [0.15, 0.2) is 35.3 Å². The molecule has 0 aromatic heterocycles. The molecule has 1 aromatic rings. The molecule has 0 spiro atoms. The molecule has 146 valence electrons. The summed E-state index contributed by atoms with van der Waals surface area (Å²) in [5, 5.41) is 3.28. The molecule has 0 bridgehead atoms. The van der Waals surface area contributed by atoms with Crippen molar-refractivity contribution < 1.29 is 13.2 Å². The molecule has 1 N–H and O–H groups in total. The molecule has 0 aliphatic carbocycles. The highest BCUT2D eigenvalue weighted by Gasteiger charge is 2.30. The van der Waals surface area contributed by atoms with Crippen LogP contribution in [-0.4, -0.2) is 62.6 Å². The van der Waals surface area contributed by atoms with Gasteiger partial charge in [0, 0.05) is 38.7 Å². The Morgan fingerprint density at radius 1 is 1.27 bits per heavy atom. The molecule has 1 saturated heterocycles. The van der Waals surface area contributed by atoms with Crippen LogP contribution in [-0.2, 0) is 9.84 Å². The minimum Gasteiger partial charge on any atom is -0.490 e. The molecule has 1 heterocycles. The van der Waals surface area contributed by atoms with Gasteiger partial charge in [-0.3, -0.25) is 4.99 Å². The lowest BCUT2D eigenvalue weighted by Crippen LogP contribution is -2.48. The van der Waals surface area contributed by atoms with E-state index < -0.39 is 14.6 Å². The van der Waals surface area contributed by atoms with Crippen LogP contribution in [0.4, 0.5) is 0 Å². The summed E-state index contributed by atoms with van der Waals surface area (Å²) in [6, 6.07) is 9.89. The number of hydrogen-bond acceptors (Lipinski definition) is 4. The van der Waals surface area contributed by atoms with Crippen molar-refractivity contribution >= 4 is 15.8 Å². The number of guanidine groups is 1. The third-order valence-electron chi connectivity index (χ3n) is 4.74. The Labute approximate surface area is 157 Å². The first-order valence-corrected chi connectivity index (χ1v) is 11.1. The number of hydrogen-bond donors (Lipinski definition) is 1. The first kappa shape index (κ1) is 20.6. The Balaban J connectivity index is 1.96. The average Bonchev–Trinajstić information content (AvgIpc) is 2.59. The Morgan fingerprint density at radius 3 is 2.42 bits per heavy atom. The highest BCUT2D eigenvalue weighted by Crippen LogP contribution is 2.19. The smallest absolute Gasteiger partial charge is 0.193 e. The van der Waals surface area contributed by atoms with Crippen LogP contribution in [0.25, 0.3) is 0 Å². The van der Waals surface area contributed by atoms with Gasteiger partial charge in [0.05, 0.1) is 11.3 Å². The van der Waals surface area contributed by atoms with E-state index in [1.54, 1.807) is 13.8 Å². The zero-order valence-electron chi connectivity index (χ0n) is 16.2. The quantitative estimate of drug-likeness (QED) is 0.605. The molecule has 26 heavy (non-hydrogen) atoms. The number of ether oxygens (including phenoxy) is 1. The molecule has 1 fully saturated rings. The summed E-state index contributed by atoms with van der Waals surface area (Å²) in [6.45, 7) is 8.12. The predicted octanol–water partition coefficient (Wildman–Crippen LogP) is 2.32. The molecule has 7 heteroatoms. The van der Waals surface area contributed by atoms with Gasteiger partial charge in [-0.25, -0.2) is 8.42 Å². The third-order valence-corrected chi connectivity index (χ3v) is 6.87. The maximum Gasteiger partial charge on any atom is 0.193 e. The standard InChI is InChI=1S/C19H31N3O3S/c1-5-20-18(21-15-19(2,3)26(4,23)24)22-13-11-17(12-14-22)25-16-9-7-6-8-10-16/h6-10,17H,5,11-15H2,1-4H3,(H,20,21). The maximum atomic E-state index is 11.9. The van der Waals surface area contributed by atoms with Crippen LogP contribution < -0.4 is 10.1 Å². The minimum absolute atomic E-state index is 0.198. The molecular formula is C19H31N3O3S. The largest absolute Gasteiger partial charge is 0.490 e. The van der Waals surface area contributed by atoms with Gasteiger partial charge in [0.15, 0.2) is 15.8 Å². The highest BCUT2D eigenvalue weighted by molar-refractivity contribution is 7.92. The van der Waals surface area contributed by atoms with Gasteiger partial charge in [-0.05, 0) is 32.9 Å². The summed E-state index contributed by atoms with van der Waals surface area (Å²) in [7, 11) is -3.16. The molecule has 6 nitrogen and oxygen atoms in total. The summed E-state index contributed by atoms with van der Waals surface area (Å²) in [5.74, 6) is 1.68. The van der Waals surface area contributed by atoms with Gasteiger partial charge in [-0.15, -0.1) is 0 Å². The van der Waals surface area contributed by atoms with E-state index in [1.807, 2.05) is 37.3 Å². The van der Waals surface area contributed by atoms with Crippen molar-refractivity contribution in [2.45, 2.75) is 44.5 Å². The Hall–Kier alpha value is -1.76. The zero-order valence-corrected chi connectivity index (χ0v) is 17.1. The molecule has 2 rings (SSSR count). The molecule has 1 aromatic carbocycles. The molecule has 1 aliphatic rings. The summed E-state index contributed by atoms with van der Waals surface area (Å²) in [6.07, 6.45) is 3.29. The Bertz CT molecular complexity index is 694. The van der Waals surface area contributed by atoms with E-state index in [9.17, 15) is 8.42 Å². The first-order valence-electron chi connectivity index (χ1n) is 9.17. The van der Waals surface area contributed by atoms with Gasteiger partial charge in [0.1, 0.15) is 11.9 Å². The number of benzene rings is 1. The molecule has 0 amide bonds. The number of nitrogens with zero attached hydrogens (tertiary/aromatic N) is 2. The Kier molecular flexibility index (Phi) is 6.92. The van der Waals surface area contributed by atoms with Crippen LogP contribution in [0.3, 0.4) is 0 Å². The highest BCUT2D eigenvalue weighted by atomic mass is 32.2. The van der Waals surface area contributed by atoms with Crippen LogP contribution in [0, 0.1) is 0 Å². The normalized spacial score (nSPS) is 17.2. The van der Waals surface area contributed by atoms with Crippen molar-refractivity contribution in [1.82, 2.24) is 10.2 Å². The molecule has 0 saturated carbocycles. The number of para-hydroxylation sites is 1. The second kappa shape index (κ2) is 8.75. The second-order valence-corrected chi connectivity index (χ2v) is 9.97. The van der Waals surface area contributed by atoms with Crippen molar-refractivity contribution in [2.24, 2.45) is 4.99 Å². The van der Waals surface area contributed by atoms with Gasteiger partial charge in [-0.1, -0.05) is 18.2 Å². The van der Waals surface area contributed by atoms with Crippen molar-refractivity contribution in [3.8, 4) is 5.75 Å². The SMILES string of the molecule is CCNC(=NCC(C)(C)S(C)(=O)=O)N1CCC(Oc2ccccc2)CC1. The van der Waals surface area contributed by atoms with Crippen LogP contribution in [0.1, 0.15) is 33.6 Å². The van der Waals surface area contributed by atoms with Gasteiger partial charge < -0.3 is 15.0 Å². The lowest BCUT2D eigenvalue weighted by Gasteiger charge is -2.34. The molecular weight excluding hydrogens is 350 g/mol. The summed E-state index contributed by atoms with van der Waals surface area (Å²) in [5.41, 5.74) is 0. The van der Waals surface area contributed by atoms with Crippen molar-refractivity contribution in [3.63, 3.8) is 0 Å². The second-order valence-electron chi connectivity index (χ2n) is 7.32. The number of sulfone groups is 1. The number of nitrogens with one attached hydrogen (secondary N) is 1. The fourth-order valence-corrected chi connectivity index (χ4v) is 2.98. The van der Waals surface area contributed by atoms with E-state index in [0.29, 0.717) is 0 Å². The molecule has 0 radical (unpaired) electrons. The van der Waals surface area contributed by atoms with Crippen molar-refractivity contribution in [2.75, 3.05) is 32.4 Å². The predicted molar refractivity (Wildman–Crippen MR) is 107 cm³/mol. The first-order chi connectivity index (χ1) is 12.2. The number of aliphatic imine (C=N–C) groups is 1. The molecule has 0 atom stereocenters. The lowest BCUT2D eigenvalue weighted by molar-refractivity contribution is 0.129. The van der Waals surface area contributed by atoms with Gasteiger partial charge in [0.25, 0.3) is 0 Å². The van der Waals surface area contributed by atoms with E-state index in [4.69, 9.17) is 4.74 Å². The van der Waals surface area contributed by atoms with Gasteiger partial charge in [0.2, 0.25) is 0 Å².